The Labute approximate surface area is 117 Å². The number of hydrogen-bond acceptors (Lipinski definition) is 4. The minimum absolute atomic E-state index is 0.0368. The van der Waals surface area contributed by atoms with Crippen LogP contribution < -0.4 is 5.73 Å². The lowest BCUT2D eigenvalue weighted by molar-refractivity contribution is -0.384. The molecular formula is C13H20N4O3. The standard InChI is InChI=1S/C13H20N4O3/c1-2-5-15-9-11(17(19)20)7-12(15)13(18)16-6-3-4-10(16)8-14/h7,9-10H,2-6,8,14H2,1H3. The van der Waals surface area contributed by atoms with Gasteiger partial charge in [0.1, 0.15) is 5.69 Å². The molecule has 1 atom stereocenters. The van der Waals surface area contributed by atoms with Crippen molar-refractivity contribution in [2.24, 2.45) is 5.73 Å². The number of carbonyl (C=O) groups excluding carboxylic acids is 1. The van der Waals surface area contributed by atoms with E-state index in [-0.39, 0.29) is 17.6 Å². The van der Waals surface area contributed by atoms with E-state index in [1.807, 2.05) is 6.92 Å². The van der Waals surface area contributed by atoms with Crippen molar-refractivity contribution >= 4 is 11.6 Å². The van der Waals surface area contributed by atoms with Crippen LogP contribution in [0.15, 0.2) is 12.3 Å². The second-order valence-electron chi connectivity index (χ2n) is 5.06. The zero-order chi connectivity index (χ0) is 14.7. The van der Waals surface area contributed by atoms with Crippen molar-refractivity contribution in [2.45, 2.75) is 38.8 Å². The lowest BCUT2D eigenvalue weighted by Gasteiger charge is -2.23. The Kier molecular flexibility index (Phi) is 4.39. The molecule has 1 aliphatic heterocycles. The molecule has 7 nitrogen and oxygen atoms in total. The van der Waals surface area contributed by atoms with Gasteiger partial charge in [-0.2, -0.15) is 0 Å². The first-order chi connectivity index (χ1) is 9.58. The van der Waals surface area contributed by atoms with Crippen LogP contribution in [-0.2, 0) is 6.54 Å². The maximum Gasteiger partial charge on any atom is 0.287 e. The van der Waals surface area contributed by atoms with Crippen LogP contribution in [0.5, 0.6) is 0 Å². The van der Waals surface area contributed by atoms with E-state index in [0.717, 1.165) is 19.3 Å². The average molecular weight is 280 g/mol. The maximum atomic E-state index is 12.6. The predicted molar refractivity (Wildman–Crippen MR) is 74.5 cm³/mol. The van der Waals surface area contributed by atoms with E-state index in [9.17, 15) is 14.9 Å². The summed E-state index contributed by atoms with van der Waals surface area (Å²) in [5.41, 5.74) is 6.03. The lowest BCUT2D eigenvalue weighted by atomic mass is 10.2. The van der Waals surface area contributed by atoms with Crippen molar-refractivity contribution in [3.63, 3.8) is 0 Å². The monoisotopic (exact) mass is 280 g/mol. The molecule has 0 spiro atoms. The molecule has 2 N–H and O–H groups in total. The summed E-state index contributed by atoms with van der Waals surface area (Å²) in [7, 11) is 0. The fourth-order valence-electron chi connectivity index (χ4n) is 2.70. The molecule has 1 aliphatic rings. The third-order valence-corrected chi connectivity index (χ3v) is 3.69. The molecule has 110 valence electrons. The first kappa shape index (κ1) is 14.5. The molecule has 0 aliphatic carbocycles. The Morgan fingerprint density at radius 3 is 2.95 bits per heavy atom. The Bertz CT molecular complexity index is 512. The number of carbonyl (C=O) groups is 1. The molecule has 7 heteroatoms. The highest BCUT2D eigenvalue weighted by Gasteiger charge is 2.31. The van der Waals surface area contributed by atoms with E-state index in [1.165, 1.54) is 12.3 Å². The van der Waals surface area contributed by atoms with Gasteiger partial charge < -0.3 is 15.2 Å². The van der Waals surface area contributed by atoms with E-state index in [2.05, 4.69) is 0 Å². The number of nitrogens with zero attached hydrogens (tertiary/aromatic N) is 3. The molecule has 0 saturated carbocycles. The summed E-state index contributed by atoms with van der Waals surface area (Å²) in [6.45, 7) is 3.67. The van der Waals surface area contributed by atoms with Gasteiger partial charge in [0.2, 0.25) is 0 Å². The fraction of sp³-hybridized carbons (Fsp3) is 0.615. The largest absolute Gasteiger partial charge is 0.337 e. The molecule has 1 fully saturated rings. The first-order valence-corrected chi connectivity index (χ1v) is 6.94. The summed E-state index contributed by atoms with van der Waals surface area (Å²) in [5.74, 6) is -0.153. The molecular weight excluding hydrogens is 260 g/mol. The lowest BCUT2D eigenvalue weighted by Crippen LogP contribution is -2.40. The smallest absolute Gasteiger partial charge is 0.287 e. The molecule has 1 aromatic rings. The van der Waals surface area contributed by atoms with Gasteiger partial charge in [-0.15, -0.1) is 0 Å². The zero-order valence-corrected chi connectivity index (χ0v) is 11.6. The van der Waals surface area contributed by atoms with Gasteiger partial charge in [-0.3, -0.25) is 14.9 Å². The van der Waals surface area contributed by atoms with E-state index in [1.54, 1.807) is 9.47 Å². The van der Waals surface area contributed by atoms with Crippen molar-refractivity contribution in [1.29, 1.82) is 0 Å². The highest BCUT2D eigenvalue weighted by molar-refractivity contribution is 5.94. The quantitative estimate of drug-likeness (QED) is 0.651. The summed E-state index contributed by atoms with van der Waals surface area (Å²) >= 11 is 0. The normalized spacial score (nSPS) is 18.5. The molecule has 1 saturated heterocycles. The van der Waals surface area contributed by atoms with Gasteiger partial charge in [-0.1, -0.05) is 6.92 Å². The molecule has 0 radical (unpaired) electrons. The number of nitro groups is 1. The van der Waals surface area contributed by atoms with Gasteiger partial charge in [0, 0.05) is 31.7 Å². The van der Waals surface area contributed by atoms with Crippen LogP contribution in [0.1, 0.15) is 36.7 Å². The van der Waals surface area contributed by atoms with Crippen molar-refractivity contribution in [3.8, 4) is 0 Å². The van der Waals surface area contributed by atoms with Crippen LogP contribution in [0.2, 0.25) is 0 Å². The molecule has 1 unspecified atom stereocenters. The summed E-state index contributed by atoms with van der Waals surface area (Å²) in [5, 5.41) is 10.9. The van der Waals surface area contributed by atoms with Crippen LogP contribution >= 0.6 is 0 Å². The van der Waals surface area contributed by atoms with Gasteiger partial charge in [-0.05, 0) is 19.3 Å². The van der Waals surface area contributed by atoms with E-state index in [0.29, 0.717) is 25.3 Å². The minimum atomic E-state index is -0.465. The predicted octanol–water partition coefficient (Wildman–Crippen LogP) is 1.37. The van der Waals surface area contributed by atoms with Crippen LogP contribution in [0.3, 0.4) is 0 Å². The third kappa shape index (κ3) is 2.67. The fourth-order valence-corrected chi connectivity index (χ4v) is 2.70. The molecule has 1 aromatic heterocycles. The Hall–Kier alpha value is -1.89. The van der Waals surface area contributed by atoms with Gasteiger partial charge in [0.05, 0.1) is 11.1 Å². The number of likely N-dealkylation sites (tertiary alicyclic amines) is 1. The summed E-state index contributed by atoms with van der Waals surface area (Å²) < 4.78 is 1.67. The molecule has 0 bridgehead atoms. The molecule has 20 heavy (non-hydrogen) atoms. The van der Waals surface area contributed by atoms with Crippen molar-refractivity contribution < 1.29 is 9.72 Å². The SMILES string of the molecule is CCCn1cc([N+](=O)[O-])cc1C(=O)N1CCCC1CN. The number of aromatic nitrogens is 1. The van der Waals surface area contributed by atoms with Crippen molar-refractivity contribution in [3.05, 3.63) is 28.1 Å². The Morgan fingerprint density at radius 1 is 1.60 bits per heavy atom. The Balaban J connectivity index is 2.30. The number of hydrogen-bond donors (Lipinski definition) is 1. The summed E-state index contributed by atoms with van der Waals surface area (Å²) in [6.07, 6.45) is 4.08. The minimum Gasteiger partial charge on any atom is -0.337 e. The third-order valence-electron chi connectivity index (χ3n) is 3.69. The van der Waals surface area contributed by atoms with E-state index in [4.69, 9.17) is 5.73 Å². The average Bonchev–Trinajstić information content (AvgIpc) is 3.04. The van der Waals surface area contributed by atoms with Gasteiger partial charge in [0.15, 0.2) is 0 Å². The van der Waals surface area contributed by atoms with Crippen LogP contribution in [0.25, 0.3) is 0 Å². The second kappa shape index (κ2) is 6.04. The summed E-state index contributed by atoms with van der Waals surface area (Å²) in [4.78, 5) is 24.7. The number of aryl methyl sites for hydroxylation is 1. The van der Waals surface area contributed by atoms with Gasteiger partial charge in [0.25, 0.3) is 11.6 Å². The number of nitrogens with two attached hydrogens (primary N) is 1. The van der Waals surface area contributed by atoms with E-state index >= 15 is 0 Å². The van der Waals surface area contributed by atoms with E-state index < -0.39 is 4.92 Å². The molecule has 2 heterocycles. The number of rotatable bonds is 5. The highest BCUT2D eigenvalue weighted by atomic mass is 16.6. The molecule has 1 amide bonds. The maximum absolute atomic E-state index is 12.6. The summed E-state index contributed by atoms with van der Waals surface area (Å²) in [6, 6.07) is 1.41. The highest BCUT2D eigenvalue weighted by Crippen LogP contribution is 2.23. The Morgan fingerprint density at radius 2 is 2.35 bits per heavy atom. The van der Waals surface area contributed by atoms with Crippen molar-refractivity contribution in [1.82, 2.24) is 9.47 Å². The zero-order valence-electron chi connectivity index (χ0n) is 11.6. The van der Waals surface area contributed by atoms with Crippen LogP contribution in [0.4, 0.5) is 5.69 Å². The van der Waals surface area contributed by atoms with Crippen LogP contribution in [-0.4, -0.2) is 39.4 Å². The second-order valence-corrected chi connectivity index (χ2v) is 5.06. The molecule has 2 rings (SSSR count). The van der Waals surface area contributed by atoms with Gasteiger partial charge >= 0.3 is 0 Å². The van der Waals surface area contributed by atoms with Crippen molar-refractivity contribution in [2.75, 3.05) is 13.1 Å². The topological polar surface area (TPSA) is 94.4 Å². The van der Waals surface area contributed by atoms with Crippen LogP contribution in [0, 0.1) is 10.1 Å². The first-order valence-electron chi connectivity index (χ1n) is 6.94. The number of amides is 1. The van der Waals surface area contributed by atoms with Gasteiger partial charge in [-0.25, -0.2) is 0 Å². The molecule has 0 aromatic carbocycles.